The van der Waals surface area contributed by atoms with Crippen molar-refractivity contribution < 1.29 is 9.47 Å². The summed E-state index contributed by atoms with van der Waals surface area (Å²) < 4.78 is 11.0. The Kier molecular flexibility index (Phi) is 12.1. The summed E-state index contributed by atoms with van der Waals surface area (Å²) >= 11 is 0. The van der Waals surface area contributed by atoms with E-state index in [0.29, 0.717) is 32.9 Å². The Morgan fingerprint density at radius 1 is 1.03 bits per heavy atom. The van der Waals surface area contributed by atoms with Gasteiger partial charge in [0.2, 0.25) is 0 Å². The van der Waals surface area contributed by atoms with Crippen molar-refractivity contribution in [1.29, 1.82) is 0 Å². The monoisotopic (exact) mass is 405 g/mol. The van der Waals surface area contributed by atoms with Crippen LogP contribution >= 0.6 is 0 Å². The van der Waals surface area contributed by atoms with E-state index in [2.05, 4.69) is 44.6 Å². The molecule has 0 unspecified atom stereocenters. The molecular weight excluding hydrogens is 366 g/mol. The van der Waals surface area contributed by atoms with E-state index in [4.69, 9.17) is 9.47 Å². The fraction of sp³-hybridized carbons (Fsp3) is 0.727. The molecule has 1 fully saturated rings. The Morgan fingerprint density at radius 2 is 1.79 bits per heavy atom. The van der Waals surface area contributed by atoms with Gasteiger partial charge in [0, 0.05) is 46.0 Å². The molecule has 2 rings (SSSR count). The van der Waals surface area contributed by atoms with Crippen LogP contribution in [0.4, 0.5) is 5.82 Å². The van der Waals surface area contributed by atoms with Crippen molar-refractivity contribution in [3.8, 4) is 0 Å². The molecule has 164 valence electrons. The van der Waals surface area contributed by atoms with Crippen molar-refractivity contribution in [2.24, 2.45) is 4.99 Å². The predicted octanol–water partition coefficient (Wildman–Crippen LogP) is 2.96. The third kappa shape index (κ3) is 9.94. The largest absolute Gasteiger partial charge is 0.379 e. The second-order valence-electron chi connectivity index (χ2n) is 7.36. The average molecular weight is 406 g/mol. The molecule has 0 atom stereocenters. The molecule has 0 radical (unpaired) electrons. The Bertz CT molecular complexity index is 557. The van der Waals surface area contributed by atoms with Gasteiger partial charge >= 0.3 is 0 Å². The summed E-state index contributed by atoms with van der Waals surface area (Å²) in [6, 6.07) is 4.28. The third-order valence-corrected chi connectivity index (χ3v) is 4.98. The number of unbranched alkanes of at least 4 members (excludes halogenated alkanes) is 1. The lowest BCUT2D eigenvalue weighted by Crippen LogP contribution is -2.38. The highest BCUT2D eigenvalue weighted by molar-refractivity contribution is 5.79. The number of pyridine rings is 1. The Hall–Kier alpha value is -1.86. The van der Waals surface area contributed by atoms with Crippen molar-refractivity contribution in [3.63, 3.8) is 0 Å². The standard InChI is InChI=1S/C22H39N5O2/c1-3-4-14-28-16-17-29-15-11-24-22(23-2)26-19-20-9-10-21(25-18-20)27-12-7-5-6-8-13-27/h9-10,18H,3-8,11-17,19H2,1-2H3,(H2,23,24,26). The molecule has 29 heavy (non-hydrogen) atoms. The molecule has 7 nitrogen and oxygen atoms in total. The zero-order valence-corrected chi connectivity index (χ0v) is 18.3. The highest BCUT2D eigenvalue weighted by Gasteiger charge is 2.10. The number of rotatable bonds is 12. The molecule has 0 spiro atoms. The van der Waals surface area contributed by atoms with Crippen LogP contribution < -0.4 is 15.5 Å². The maximum absolute atomic E-state index is 5.57. The molecule has 2 N–H and O–H groups in total. The minimum Gasteiger partial charge on any atom is -0.379 e. The third-order valence-electron chi connectivity index (χ3n) is 4.98. The Labute approximate surface area is 176 Å². The molecule has 7 heteroatoms. The summed E-state index contributed by atoms with van der Waals surface area (Å²) in [5.74, 6) is 1.86. The maximum Gasteiger partial charge on any atom is 0.191 e. The van der Waals surface area contributed by atoms with Crippen LogP contribution in [0.3, 0.4) is 0 Å². The second kappa shape index (κ2) is 15.0. The first-order valence-corrected chi connectivity index (χ1v) is 11.1. The number of aliphatic imine (C=N–C) groups is 1. The summed E-state index contributed by atoms with van der Waals surface area (Å²) in [6.45, 7) is 8.54. The van der Waals surface area contributed by atoms with Gasteiger partial charge in [0.1, 0.15) is 5.82 Å². The zero-order chi connectivity index (χ0) is 20.6. The zero-order valence-electron chi connectivity index (χ0n) is 18.3. The van der Waals surface area contributed by atoms with Gasteiger partial charge in [0.15, 0.2) is 5.96 Å². The molecular formula is C22H39N5O2. The van der Waals surface area contributed by atoms with E-state index in [9.17, 15) is 0 Å². The smallest absolute Gasteiger partial charge is 0.191 e. The average Bonchev–Trinajstić information content (AvgIpc) is 3.04. The highest BCUT2D eigenvalue weighted by Crippen LogP contribution is 2.17. The molecule has 0 amide bonds. The van der Waals surface area contributed by atoms with Crippen LogP contribution in [-0.2, 0) is 16.0 Å². The lowest BCUT2D eigenvalue weighted by molar-refractivity contribution is 0.0487. The van der Waals surface area contributed by atoms with E-state index in [1.54, 1.807) is 7.05 Å². The van der Waals surface area contributed by atoms with Gasteiger partial charge < -0.3 is 25.0 Å². The second-order valence-corrected chi connectivity index (χ2v) is 7.36. The number of nitrogens with zero attached hydrogens (tertiary/aromatic N) is 3. The first-order chi connectivity index (χ1) is 14.3. The number of hydrogen-bond acceptors (Lipinski definition) is 5. The predicted molar refractivity (Wildman–Crippen MR) is 120 cm³/mol. The van der Waals surface area contributed by atoms with Gasteiger partial charge in [-0.05, 0) is 30.9 Å². The molecule has 0 aromatic carbocycles. The summed E-state index contributed by atoms with van der Waals surface area (Å²) in [5, 5.41) is 6.59. The summed E-state index contributed by atoms with van der Waals surface area (Å²) in [5.41, 5.74) is 1.15. The van der Waals surface area contributed by atoms with Crippen molar-refractivity contribution in [1.82, 2.24) is 15.6 Å². The van der Waals surface area contributed by atoms with Crippen molar-refractivity contribution in [2.75, 3.05) is 58.0 Å². The van der Waals surface area contributed by atoms with Crippen LogP contribution in [0.5, 0.6) is 0 Å². The quantitative estimate of drug-likeness (QED) is 0.316. The Balaban J connectivity index is 1.59. The fourth-order valence-electron chi connectivity index (χ4n) is 3.22. The Morgan fingerprint density at radius 3 is 2.45 bits per heavy atom. The summed E-state index contributed by atoms with van der Waals surface area (Å²) in [6.07, 6.45) is 9.44. The molecule has 1 aromatic heterocycles. The number of aromatic nitrogens is 1. The topological polar surface area (TPSA) is 71.0 Å². The van der Waals surface area contributed by atoms with Gasteiger partial charge in [0.05, 0.1) is 19.8 Å². The fourth-order valence-corrected chi connectivity index (χ4v) is 3.22. The molecule has 0 bridgehead atoms. The van der Waals surface area contributed by atoms with Gasteiger partial charge in [-0.15, -0.1) is 0 Å². The summed E-state index contributed by atoms with van der Waals surface area (Å²) in [4.78, 5) is 11.3. The van der Waals surface area contributed by atoms with Gasteiger partial charge in [-0.2, -0.15) is 0 Å². The molecule has 1 saturated heterocycles. The van der Waals surface area contributed by atoms with Gasteiger partial charge in [-0.3, -0.25) is 4.99 Å². The van der Waals surface area contributed by atoms with E-state index in [0.717, 1.165) is 49.9 Å². The van der Waals surface area contributed by atoms with Crippen molar-refractivity contribution in [3.05, 3.63) is 23.9 Å². The molecule has 1 aliphatic heterocycles. The number of nitrogens with one attached hydrogen (secondary N) is 2. The van der Waals surface area contributed by atoms with Crippen LogP contribution in [0.2, 0.25) is 0 Å². The molecule has 2 heterocycles. The van der Waals surface area contributed by atoms with Gasteiger partial charge in [0.25, 0.3) is 0 Å². The lowest BCUT2D eigenvalue weighted by atomic mass is 10.2. The lowest BCUT2D eigenvalue weighted by Gasteiger charge is -2.21. The molecule has 1 aliphatic rings. The van der Waals surface area contributed by atoms with E-state index in [1.165, 1.54) is 25.7 Å². The van der Waals surface area contributed by atoms with Crippen LogP contribution in [0.15, 0.2) is 23.3 Å². The van der Waals surface area contributed by atoms with E-state index >= 15 is 0 Å². The number of guanidine groups is 1. The van der Waals surface area contributed by atoms with Crippen LogP contribution in [0.1, 0.15) is 51.0 Å². The van der Waals surface area contributed by atoms with E-state index < -0.39 is 0 Å². The first-order valence-electron chi connectivity index (χ1n) is 11.1. The normalized spacial score (nSPS) is 15.2. The van der Waals surface area contributed by atoms with Crippen LogP contribution in [0, 0.1) is 0 Å². The van der Waals surface area contributed by atoms with Crippen LogP contribution in [0.25, 0.3) is 0 Å². The summed E-state index contributed by atoms with van der Waals surface area (Å²) in [7, 11) is 1.78. The van der Waals surface area contributed by atoms with Gasteiger partial charge in [-0.1, -0.05) is 32.3 Å². The molecule has 0 aliphatic carbocycles. The van der Waals surface area contributed by atoms with Crippen LogP contribution in [-0.4, -0.2) is 64.1 Å². The molecule has 0 saturated carbocycles. The van der Waals surface area contributed by atoms with Crippen molar-refractivity contribution in [2.45, 2.75) is 52.0 Å². The van der Waals surface area contributed by atoms with Gasteiger partial charge in [-0.25, -0.2) is 4.98 Å². The first kappa shape index (κ1) is 23.4. The SMILES string of the molecule is CCCCOCCOCCNC(=NC)NCc1ccc(N2CCCCCC2)nc1. The maximum atomic E-state index is 5.57. The highest BCUT2D eigenvalue weighted by atomic mass is 16.5. The van der Waals surface area contributed by atoms with E-state index in [1.807, 2.05) is 6.20 Å². The number of anilines is 1. The number of ether oxygens (including phenoxy) is 2. The van der Waals surface area contributed by atoms with E-state index in [-0.39, 0.29) is 0 Å². The minimum absolute atomic E-state index is 0.629. The van der Waals surface area contributed by atoms with Crippen molar-refractivity contribution >= 4 is 11.8 Å². The molecule has 1 aromatic rings. The number of hydrogen-bond donors (Lipinski definition) is 2. The minimum atomic E-state index is 0.629.